The van der Waals surface area contributed by atoms with Crippen molar-refractivity contribution in [2.75, 3.05) is 32.0 Å². The summed E-state index contributed by atoms with van der Waals surface area (Å²) in [5.41, 5.74) is 6.95. The van der Waals surface area contributed by atoms with Crippen LogP contribution in [0.2, 0.25) is 0 Å². The van der Waals surface area contributed by atoms with Crippen molar-refractivity contribution < 1.29 is 33.0 Å². The van der Waals surface area contributed by atoms with E-state index in [-0.39, 0.29) is 49.9 Å². The summed E-state index contributed by atoms with van der Waals surface area (Å²) in [5.74, 6) is -2.50. The third-order valence-electron chi connectivity index (χ3n) is 5.04. The molecule has 2 aromatic rings. The number of rotatable bonds is 9. The number of anilines is 1. The van der Waals surface area contributed by atoms with Crippen LogP contribution in [0.3, 0.4) is 0 Å². The van der Waals surface area contributed by atoms with E-state index in [9.17, 15) is 18.8 Å². The molecular formula is C24H26FN3O6. The molecule has 1 amide bonds. The summed E-state index contributed by atoms with van der Waals surface area (Å²) in [6.45, 7) is 3.38. The van der Waals surface area contributed by atoms with Crippen molar-refractivity contribution in [3.8, 4) is 5.75 Å². The van der Waals surface area contributed by atoms with Crippen LogP contribution in [-0.4, -0.2) is 60.8 Å². The van der Waals surface area contributed by atoms with Crippen molar-refractivity contribution in [1.29, 1.82) is 0 Å². The molecule has 0 fully saturated rings. The van der Waals surface area contributed by atoms with Gasteiger partial charge < -0.3 is 24.8 Å². The molecule has 1 heterocycles. The Labute approximate surface area is 196 Å². The molecule has 2 aromatic carbocycles. The van der Waals surface area contributed by atoms with Gasteiger partial charge in [-0.2, -0.15) is 0 Å². The minimum absolute atomic E-state index is 0.0218. The van der Waals surface area contributed by atoms with E-state index in [1.807, 2.05) is 0 Å². The van der Waals surface area contributed by atoms with E-state index < -0.39 is 29.7 Å². The molecule has 0 radical (unpaired) electrons. The van der Waals surface area contributed by atoms with Crippen LogP contribution >= 0.6 is 0 Å². The van der Waals surface area contributed by atoms with Gasteiger partial charge in [-0.1, -0.05) is 18.2 Å². The smallest absolute Gasteiger partial charge is 0.340 e. The summed E-state index contributed by atoms with van der Waals surface area (Å²) in [5, 5.41) is 0. The van der Waals surface area contributed by atoms with Gasteiger partial charge in [0.05, 0.1) is 19.8 Å². The Hall–Kier alpha value is -3.95. The van der Waals surface area contributed by atoms with Crippen LogP contribution in [0.15, 0.2) is 47.5 Å². The maximum atomic E-state index is 13.9. The van der Waals surface area contributed by atoms with E-state index >= 15 is 0 Å². The van der Waals surface area contributed by atoms with E-state index in [1.54, 1.807) is 38.1 Å². The summed E-state index contributed by atoms with van der Waals surface area (Å²) >= 11 is 0. The second-order valence-electron chi connectivity index (χ2n) is 7.26. The van der Waals surface area contributed by atoms with Gasteiger partial charge in [-0.15, -0.1) is 0 Å². The first kappa shape index (κ1) is 24.7. The van der Waals surface area contributed by atoms with E-state index in [4.69, 9.17) is 19.9 Å². The number of nitrogens with zero attached hydrogens (tertiary/aromatic N) is 2. The largest absolute Gasteiger partial charge is 0.489 e. The standard InChI is InChI=1S/C24H26FN3O6/c1-3-32-23(30)21(24(31)33-4-2)28-12-11-27-20(22(28)29)17-13-16(9-10-19(17)26)34-14-15-7-5-6-8-18(15)25/h5-10,13,21H,3-4,11-12,14,26H2,1-2H3. The van der Waals surface area contributed by atoms with Gasteiger partial charge in [0, 0.05) is 23.4 Å². The van der Waals surface area contributed by atoms with Gasteiger partial charge in [-0.3, -0.25) is 9.79 Å². The molecule has 1 aliphatic rings. The first-order chi connectivity index (χ1) is 16.4. The van der Waals surface area contributed by atoms with Gasteiger partial charge in [0.1, 0.15) is 23.9 Å². The van der Waals surface area contributed by atoms with E-state index in [2.05, 4.69) is 4.99 Å². The summed E-state index contributed by atoms with van der Waals surface area (Å²) in [7, 11) is 0. The zero-order chi connectivity index (χ0) is 24.7. The molecule has 34 heavy (non-hydrogen) atoms. The van der Waals surface area contributed by atoms with Crippen LogP contribution in [0.5, 0.6) is 5.75 Å². The van der Waals surface area contributed by atoms with E-state index in [0.29, 0.717) is 11.3 Å². The molecule has 0 atom stereocenters. The van der Waals surface area contributed by atoms with Gasteiger partial charge in [-0.25, -0.2) is 14.0 Å². The Bertz CT molecular complexity index is 1090. The van der Waals surface area contributed by atoms with Crippen LogP contribution in [0.1, 0.15) is 25.0 Å². The minimum Gasteiger partial charge on any atom is -0.489 e. The third kappa shape index (κ3) is 5.51. The van der Waals surface area contributed by atoms with Crippen LogP contribution in [0.4, 0.5) is 10.1 Å². The molecule has 0 unspecified atom stereocenters. The van der Waals surface area contributed by atoms with Crippen molar-refractivity contribution in [2.45, 2.75) is 26.5 Å². The molecule has 0 saturated heterocycles. The fourth-order valence-corrected chi connectivity index (χ4v) is 3.42. The Morgan fingerprint density at radius 1 is 1.12 bits per heavy atom. The Morgan fingerprint density at radius 3 is 2.44 bits per heavy atom. The second-order valence-corrected chi connectivity index (χ2v) is 7.26. The van der Waals surface area contributed by atoms with Crippen molar-refractivity contribution >= 4 is 29.2 Å². The molecule has 0 aromatic heterocycles. The monoisotopic (exact) mass is 471 g/mol. The minimum atomic E-state index is -1.56. The van der Waals surface area contributed by atoms with Crippen LogP contribution < -0.4 is 10.5 Å². The average Bonchev–Trinajstić information content (AvgIpc) is 2.81. The highest BCUT2D eigenvalue weighted by atomic mass is 19.1. The predicted octanol–water partition coefficient (Wildman–Crippen LogP) is 2.11. The van der Waals surface area contributed by atoms with Crippen molar-refractivity contribution in [1.82, 2.24) is 4.90 Å². The normalized spacial score (nSPS) is 13.5. The summed E-state index contributed by atoms with van der Waals surface area (Å²) < 4.78 is 29.6. The van der Waals surface area contributed by atoms with Gasteiger partial charge in [-0.05, 0) is 38.1 Å². The molecule has 1 aliphatic heterocycles. The first-order valence-electron chi connectivity index (χ1n) is 10.8. The Morgan fingerprint density at radius 2 is 1.79 bits per heavy atom. The van der Waals surface area contributed by atoms with Crippen molar-refractivity contribution in [3.05, 3.63) is 59.4 Å². The van der Waals surface area contributed by atoms with E-state index in [0.717, 1.165) is 4.90 Å². The second kappa shape index (κ2) is 11.3. The number of nitrogens with two attached hydrogens (primary N) is 1. The number of carbonyl (C=O) groups is 3. The van der Waals surface area contributed by atoms with Crippen molar-refractivity contribution in [2.24, 2.45) is 4.99 Å². The number of hydrogen-bond acceptors (Lipinski definition) is 8. The van der Waals surface area contributed by atoms with E-state index in [1.165, 1.54) is 18.2 Å². The zero-order valence-corrected chi connectivity index (χ0v) is 19.0. The van der Waals surface area contributed by atoms with Crippen LogP contribution in [0.25, 0.3) is 0 Å². The number of benzene rings is 2. The molecule has 0 spiro atoms. The van der Waals surface area contributed by atoms with Crippen LogP contribution in [0, 0.1) is 5.82 Å². The van der Waals surface area contributed by atoms with Crippen LogP contribution in [-0.2, 0) is 30.5 Å². The van der Waals surface area contributed by atoms with Gasteiger partial charge >= 0.3 is 11.9 Å². The molecule has 0 aliphatic carbocycles. The third-order valence-corrected chi connectivity index (χ3v) is 5.04. The zero-order valence-electron chi connectivity index (χ0n) is 19.0. The number of nitrogen functional groups attached to an aromatic ring is 1. The number of esters is 2. The highest BCUT2D eigenvalue weighted by Crippen LogP contribution is 2.24. The fraction of sp³-hybridized carbons (Fsp3) is 0.333. The summed E-state index contributed by atoms with van der Waals surface area (Å²) in [6.07, 6.45) is 0. The highest BCUT2D eigenvalue weighted by molar-refractivity contribution is 6.47. The number of amides is 1. The maximum absolute atomic E-state index is 13.9. The quantitative estimate of drug-likeness (QED) is 0.338. The number of aliphatic imine (C=N–C) groups is 1. The number of ether oxygens (including phenoxy) is 3. The molecule has 3 rings (SSSR count). The number of halogens is 1. The maximum Gasteiger partial charge on any atom is 0.340 e. The fourth-order valence-electron chi connectivity index (χ4n) is 3.42. The molecule has 2 N–H and O–H groups in total. The Balaban J connectivity index is 1.86. The molecule has 10 heteroatoms. The van der Waals surface area contributed by atoms with Gasteiger partial charge in [0.15, 0.2) is 0 Å². The average molecular weight is 471 g/mol. The first-order valence-corrected chi connectivity index (χ1v) is 10.8. The number of hydrogen-bond donors (Lipinski definition) is 1. The lowest BCUT2D eigenvalue weighted by Crippen LogP contribution is -2.55. The van der Waals surface area contributed by atoms with Crippen molar-refractivity contribution in [3.63, 3.8) is 0 Å². The summed E-state index contributed by atoms with van der Waals surface area (Å²) in [4.78, 5) is 43.6. The highest BCUT2D eigenvalue weighted by Gasteiger charge is 2.41. The molecular weight excluding hydrogens is 445 g/mol. The molecule has 9 nitrogen and oxygen atoms in total. The topological polar surface area (TPSA) is 121 Å². The SMILES string of the molecule is CCOC(=O)C(C(=O)OCC)N1CCN=C(c2cc(OCc3ccccc3F)ccc2N)C1=O. The van der Waals surface area contributed by atoms with Gasteiger partial charge in [0.25, 0.3) is 5.91 Å². The lowest BCUT2D eigenvalue weighted by Gasteiger charge is -2.31. The predicted molar refractivity (Wildman–Crippen MR) is 122 cm³/mol. The number of carbonyl (C=O) groups excluding carboxylic acids is 3. The summed E-state index contributed by atoms with van der Waals surface area (Å²) in [6, 6.07) is 9.30. The molecule has 180 valence electrons. The van der Waals surface area contributed by atoms with Gasteiger partial charge in [0.2, 0.25) is 6.04 Å². The lowest BCUT2D eigenvalue weighted by molar-refractivity contribution is -0.166. The molecule has 0 saturated carbocycles. The Kier molecular flexibility index (Phi) is 8.18. The molecule has 0 bridgehead atoms. The lowest BCUT2D eigenvalue weighted by atomic mass is 10.0.